The molecule has 0 unspecified atom stereocenters. The first kappa shape index (κ1) is 12.9. The second kappa shape index (κ2) is 4.61. The van der Waals surface area contributed by atoms with Crippen LogP contribution in [0.2, 0.25) is 0 Å². The Hall–Kier alpha value is -1.55. The number of anilines is 2. The van der Waals surface area contributed by atoms with Crippen LogP contribution in [-0.4, -0.2) is 25.2 Å². The molecule has 4 heteroatoms. The Bertz CT molecular complexity index is 469. The van der Waals surface area contributed by atoms with Crippen molar-refractivity contribution in [3.8, 4) is 0 Å². The highest BCUT2D eigenvalue weighted by Gasteiger charge is 2.34. The molecule has 0 saturated heterocycles. The van der Waals surface area contributed by atoms with Crippen LogP contribution in [0, 0.1) is 0 Å². The number of ether oxygens (including phenoxy) is 1. The van der Waals surface area contributed by atoms with Crippen LogP contribution in [0.3, 0.4) is 0 Å². The van der Waals surface area contributed by atoms with Crippen molar-refractivity contribution in [2.24, 2.45) is 0 Å². The fourth-order valence-electron chi connectivity index (χ4n) is 2.24. The topological polar surface area (TPSA) is 55.6 Å². The number of hydrogen-bond acceptors (Lipinski definition) is 3. The van der Waals surface area contributed by atoms with Crippen molar-refractivity contribution in [3.63, 3.8) is 0 Å². The van der Waals surface area contributed by atoms with Gasteiger partial charge in [0.25, 0.3) is 5.91 Å². The van der Waals surface area contributed by atoms with E-state index in [1.807, 2.05) is 23.1 Å². The average molecular weight is 248 g/mol. The lowest BCUT2D eigenvalue weighted by Gasteiger charge is -2.35. The summed E-state index contributed by atoms with van der Waals surface area (Å²) in [5.41, 5.74) is 7.84. The number of carbonyl (C=O) groups is 1. The van der Waals surface area contributed by atoms with Crippen LogP contribution in [-0.2, 0) is 16.0 Å². The predicted molar refractivity (Wildman–Crippen MR) is 72.6 cm³/mol. The van der Waals surface area contributed by atoms with E-state index >= 15 is 0 Å². The predicted octanol–water partition coefficient (Wildman–Crippen LogP) is 1.97. The highest BCUT2D eigenvalue weighted by molar-refractivity contribution is 6.00. The first-order valence-electron chi connectivity index (χ1n) is 6.21. The fourth-order valence-corrected chi connectivity index (χ4v) is 2.24. The monoisotopic (exact) mass is 248 g/mol. The molecule has 0 aliphatic carbocycles. The summed E-state index contributed by atoms with van der Waals surface area (Å²) in [6.45, 7) is 4.32. The number of aryl methyl sites for hydroxylation is 1. The molecule has 98 valence electrons. The van der Waals surface area contributed by atoms with Gasteiger partial charge in [-0.1, -0.05) is 0 Å². The van der Waals surface area contributed by atoms with Crippen LogP contribution in [0.1, 0.15) is 25.8 Å². The number of fused-ring (bicyclic) bond motifs is 1. The zero-order chi connectivity index (χ0) is 13.3. The van der Waals surface area contributed by atoms with E-state index in [0.717, 1.165) is 36.3 Å². The number of rotatable bonds is 2. The zero-order valence-electron chi connectivity index (χ0n) is 11.2. The van der Waals surface area contributed by atoms with Crippen molar-refractivity contribution in [1.82, 2.24) is 0 Å². The van der Waals surface area contributed by atoms with Gasteiger partial charge in [0.1, 0.15) is 5.60 Å². The molecule has 1 amide bonds. The summed E-state index contributed by atoms with van der Waals surface area (Å²) in [6, 6.07) is 5.71. The standard InChI is InChI=1S/C14H20N2O2/c1-14(2,18-3)13(17)16-8-4-5-10-9-11(15)6-7-12(10)16/h6-7,9H,4-5,8,15H2,1-3H3. The second-order valence-electron chi connectivity index (χ2n) is 5.16. The van der Waals surface area contributed by atoms with Crippen molar-refractivity contribution in [1.29, 1.82) is 0 Å². The van der Waals surface area contributed by atoms with Crippen molar-refractivity contribution in [2.75, 3.05) is 24.3 Å². The highest BCUT2D eigenvalue weighted by Crippen LogP contribution is 2.30. The summed E-state index contributed by atoms with van der Waals surface area (Å²) in [7, 11) is 1.56. The maximum absolute atomic E-state index is 12.5. The van der Waals surface area contributed by atoms with Crippen LogP contribution in [0.25, 0.3) is 0 Å². The van der Waals surface area contributed by atoms with Crippen LogP contribution >= 0.6 is 0 Å². The molecule has 0 saturated carbocycles. The normalized spacial score (nSPS) is 15.4. The van der Waals surface area contributed by atoms with E-state index in [1.54, 1.807) is 21.0 Å². The molecule has 0 bridgehead atoms. The molecule has 1 aliphatic heterocycles. The van der Waals surface area contributed by atoms with Gasteiger partial charge in [-0.05, 0) is 50.5 Å². The van der Waals surface area contributed by atoms with Gasteiger partial charge in [-0.2, -0.15) is 0 Å². The number of nitrogens with zero attached hydrogens (tertiary/aromatic N) is 1. The molecule has 1 aromatic rings. The number of amides is 1. The number of carbonyl (C=O) groups excluding carboxylic acids is 1. The Morgan fingerprint density at radius 1 is 1.44 bits per heavy atom. The third kappa shape index (κ3) is 2.20. The summed E-state index contributed by atoms with van der Waals surface area (Å²) < 4.78 is 5.28. The molecule has 18 heavy (non-hydrogen) atoms. The van der Waals surface area contributed by atoms with E-state index in [4.69, 9.17) is 10.5 Å². The largest absolute Gasteiger partial charge is 0.399 e. The maximum atomic E-state index is 12.5. The first-order chi connectivity index (χ1) is 8.45. The van der Waals surface area contributed by atoms with E-state index in [0.29, 0.717) is 0 Å². The number of nitrogen functional groups attached to an aromatic ring is 1. The minimum absolute atomic E-state index is 0.00396. The molecule has 0 atom stereocenters. The molecular weight excluding hydrogens is 228 g/mol. The van der Waals surface area contributed by atoms with E-state index in [-0.39, 0.29) is 5.91 Å². The Balaban J connectivity index is 2.36. The number of nitrogens with two attached hydrogens (primary N) is 1. The Morgan fingerprint density at radius 3 is 2.83 bits per heavy atom. The van der Waals surface area contributed by atoms with Gasteiger partial charge in [0.05, 0.1) is 0 Å². The number of benzene rings is 1. The van der Waals surface area contributed by atoms with Gasteiger partial charge < -0.3 is 15.4 Å². The van der Waals surface area contributed by atoms with E-state index in [9.17, 15) is 4.79 Å². The molecule has 0 radical (unpaired) electrons. The summed E-state index contributed by atoms with van der Waals surface area (Å²) in [6.07, 6.45) is 1.93. The van der Waals surface area contributed by atoms with Crippen LogP contribution in [0.5, 0.6) is 0 Å². The summed E-state index contributed by atoms with van der Waals surface area (Å²) in [4.78, 5) is 14.3. The second-order valence-corrected chi connectivity index (χ2v) is 5.16. The third-order valence-corrected chi connectivity index (χ3v) is 3.49. The zero-order valence-corrected chi connectivity index (χ0v) is 11.2. The van der Waals surface area contributed by atoms with Gasteiger partial charge in [0.15, 0.2) is 0 Å². The van der Waals surface area contributed by atoms with Crippen molar-refractivity contribution >= 4 is 17.3 Å². The molecular formula is C14H20N2O2. The quantitative estimate of drug-likeness (QED) is 0.814. The SMILES string of the molecule is COC(C)(C)C(=O)N1CCCc2cc(N)ccc21. The maximum Gasteiger partial charge on any atom is 0.258 e. The van der Waals surface area contributed by atoms with Gasteiger partial charge in [-0.15, -0.1) is 0 Å². The van der Waals surface area contributed by atoms with E-state index < -0.39 is 5.60 Å². The van der Waals surface area contributed by atoms with Crippen LogP contribution < -0.4 is 10.6 Å². The summed E-state index contributed by atoms with van der Waals surface area (Å²) in [5, 5.41) is 0. The van der Waals surface area contributed by atoms with Gasteiger partial charge >= 0.3 is 0 Å². The molecule has 2 rings (SSSR count). The Kier molecular flexibility index (Phi) is 3.30. The summed E-state index contributed by atoms with van der Waals surface area (Å²) in [5.74, 6) is -0.00396. The van der Waals surface area contributed by atoms with Crippen molar-refractivity contribution in [2.45, 2.75) is 32.3 Å². The van der Waals surface area contributed by atoms with Crippen molar-refractivity contribution in [3.05, 3.63) is 23.8 Å². The van der Waals surface area contributed by atoms with E-state index in [2.05, 4.69) is 0 Å². The van der Waals surface area contributed by atoms with Crippen molar-refractivity contribution < 1.29 is 9.53 Å². The smallest absolute Gasteiger partial charge is 0.258 e. The summed E-state index contributed by atoms with van der Waals surface area (Å²) >= 11 is 0. The van der Waals surface area contributed by atoms with Gasteiger partial charge in [0.2, 0.25) is 0 Å². The van der Waals surface area contributed by atoms with Gasteiger partial charge in [-0.3, -0.25) is 4.79 Å². The van der Waals surface area contributed by atoms with E-state index in [1.165, 1.54) is 0 Å². The minimum Gasteiger partial charge on any atom is -0.399 e. The molecule has 2 N–H and O–H groups in total. The fraction of sp³-hybridized carbons (Fsp3) is 0.500. The number of methoxy groups -OCH3 is 1. The Morgan fingerprint density at radius 2 is 2.17 bits per heavy atom. The highest BCUT2D eigenvalue weighted by atomic mass is 16.5. The molecule has 0 fully saturated rings. The molecule has 0 aromatic heterocycles. The molecule has 4 nitrogen and oxygen atoms in total. The lowest BCUT2D eigenvalue weighted by molar-refractivity contribution is -0.136. The van der Waals surface area contributed by atoms with Gasteiger partial charge in [-0.25, -0.2) is 0 Å². The lowest BCUT2D eigenvalue weighted by Crippen LogP contribution is -2.48. The van der Waals surface area contributed by atoms with Crippen LogP contribution in [0.15, 0.2) is 18.2 Å². The molecule has 1 aliphatic rings. The average Bonchev–Trinajstić information content (AvgIpc) is 2.36. The third-order valence-electron chi connectivity index (χ3n) is 3.49. The first-order valence-corrected chi connectivity index (χ1v) is 6.21. The molecule has 1 heterocycles. The minimum atomic E-state index is -0.796. The molecule has 1 aromatic carbocycles. The number of hydrogen-bond donors (Lipinski definition) is 1. The van der Waals surface area contributed by atoms with Crippen LogP contribution in [0.4, 0.5) is 11.4 Å². The Labute approximate surface area is 108 Å². The molecule has 0 spiro atoms. The lowest BCUT2D eigenvalue weighted by atomic mass is 9.98. The van der Waals surface area contributed by atoms with Gasteiger partial charge in [0, 0.05) is 25.0 Å².